The van der Waals surface area contributed by atoms with Crippen molar-refractivity contribution in [3.8, 4) is 0 Å². The molecule has 4 rings (SSSR count). The predicted octanol–water partition coefficient (Wildman–Crippen LogP) is 5.58. The summed E-state index contributed by atoms with van der Waals surface area (Å²) < 4.78 is 5.81. The Morgan fingerprint density at radius 2 is 1.96 bits per heavy atom. The van der Waals surface area contributed by atoms with Crippen LogP contribution in [0.5, 0.6) is 0 Å². The van der Waals surface area contributed by atoms with Crippen molar-refractivity contribution in [2.45, 2.75) is 45.4 Å². The van der Waals surface area contributed by atoms with Gasteiger partial charge in [0.25, 0.3) is 0 Å². The van der Waals surface area contributed by atoms with Gasteiger partial charge in [0, 0.05) is 6.08 Å². The van der Waals surface area contributed by atoms with Crippen LogP contribution in [-0.2, 0) is 12.8 Å². The Hall–Kier alpha value is -2.68. The molecule has 0 atom stereocenters. The fourth-order valence-corrected chi connectivity index (χ4v) is 3.32. The van der Waals surface area contributed by atoms with Crippen LogP contribution in [0.2, 0.25) is 0 Å². The Morgan fingerprint density at radius 1 is 1.08 bits per heavy atom. The number of hydrogen-bond acceptors (Lipinski definition) is 3. The number of rotatable bonds is 6. The molecule has 0 N–H and O–H groups in total. The van der Waals surface area contributed by atoms with Crippen LogP contribution in [0.25, 0.3) is 12.2 Å². The Labute approximate surface area is 154 Å². The summed E-state index contributed by atoms with van der Waals surface area (Å²) in [5, 5.41) is 8.37. The molecule has 0 radical (unpaired) electrons. The lowest BCUT2D eigenvalue weighted by atomic mass is 10.0. The van der Waals surface area contributed by atoms with Crippen LogP contribution in [0.1, 0.15) is 65.3 Å². The molecule has 1 aliphatic carbocycles. The van der Waals surface area contributed by atoms with E-state index in [1.54, 1.807) is 0 Å². The quantitative estimate of drug-likeness (QED) is 0.586. The van der Waals surface area contributed by atoms with Gasteiger partial charge in [0.1, 0.15) is 0 Å². The lowest BCUT2D eigenvalue weighted by Gasteiger charge is -2.04. The van der Waals surface area contributed by atoms with Crippen LogP contribution in [0.4, 0.5) is 0 Å². The molecular formula is C23H24N2O. The Morgan fingerprint density at radius 3 is 2.77 bits per heavy atom. The molecule has 0 amide bonds. The van der Waals surface area contributed by atoms with Crippen molar-refractivity contribution in [1.29, 1.82) is 0 Å². The Balaban J connectivity index is 1.47. The molecule has 1 heterocycles. The van der Waals surface area contributed by atoms with Crippen LogP contribution in [0, 0.1) is 6.92 Å². The van der Waals surface area contributed by atoms with E-state index in [0.29, 0.717) is 18.2 Å². The highest BCUT2D eigenvalue weighted by Gasteiger charge is 2.23. The van der Waals surface area contributed by atoms with Crippen LogP contribution in [0.15, 0.2) is 46.9 Å². The molecular weight excluding hydrogens is 320 g/mol. The van der Waals surface area contributed by atoms with Crippen LogP contribution < -0.4 is 0 Å². The average Bonchev–Trinajstić information content (AvgIpc) is 3.42. The third kappa shape index (κ3) is 3.93. The summed E-state index contributed by atoms with van der Waals surface area (Å²) in [6, 6.07) is 15.3. The van der Waals surface area contributed by atoms with Gasteiger partial charge >= 0.3 is 0 Å². The average molecular weight is 344 g/mol. The van der Waals surface area contributed by atoms with Crippen molar-refractivity contribution < 1.29 is 4.42 Å². The van der Waals surface area contributed by atoms with Gasteiger partial charge in [-0.25, -0.2) is 0 Å². The van der Waals surface area contributed by atoms with Gasteiger partial charge in [-0.2, -0.15) is 0 Å². The van der Waals surface area contributed by atoms with Crippen LogP contribution in [-0.4, -0.2) is 10.2 Å². The normalized spacial score (nSPS) is 14.2. The van der Waals surface area contributed by atoms with Crippen molar-refractivity contribution in [3.63, 3.8) is 0 Å². The van der Waals surface area contributed by atoms with Crippen LogP contribution >= 0.6 is 0 Å². The first-order valence-electron chi connectivity index (χ1n) is 9.40. The molecule has 1 aromatic heterocycles. The van der Waals surface area contributed by atoms with Crippen molar-refractivity contribution >= 4 is 12.2 Å². The van der Waals surface area contributed by atoms with Gasteiger partial charge in [-0.3, -0.25) is 0 Å². The molecule has 3 heteroatoms. The lowest BCUT2D eigenvalue weighted by Crippen LogP contribution is -1.90. The van der Waals surface area contributed by atoms with Crippen molar-refractivity contribution in [2.75, 3.05) is 0 Å². The number of nitrogens with zero attached hydrogens (tertiary/aromatic N) is 2. The zero-order chi connectivity index (χ0) is 17.9. The van der Waals surface area contributed by atoms with Gasteiger partial charge < -0.3 is 4.42 Å². The topological polar surface area (TPSA) is 38.9 Å². The largest absolute Gasteiger partial charge is 0.421 e. The maximum Gasteiger partial charge on any atom is 0.240 e. The smallest absolute Gasteiger partial charge is 0.240 e. The number of benzene rings is 2. The number of hydrogen-bond donors (Lipinski definition) is 0. The van der Waals surface area contributed by atoms with E-state index in [4.69, 9.17) is 4.42 Å². The summed E-state index contributed by atoms with van der Waals surface area (Å²) in [7, 11) is 0. The molecule has 1 aliphatic rings. The molecule has 2 aromatic carbocycles. The monoisotopic (exact) mass is 344 g/mol. The van der Waals surface area contributed by atoms with E-state index in [-0.39, 0.29) is 0 Å². The molecule has 0 saturated heterocycles. The van der Waals surface area contributed by atoms with Gasteiger partial charge in [0.2, 0.25) is 11.8 Å². The second-order valence-electron chi connectivity index (χ2n) is 7.12. The van der Waals surface area contributed by atoms with Gasteiger partial charge in [0.15, 0.2) is 0 Å². The summed E-state index contributed by atoms with van der Waals surface area (Å²) in [4.78, 5) is 0. The molecule has 0 spiro atoms. The third-order valence-electron chi connectivity index (χ3n) is 4.92. The first-order valence-corrected chi connectivity index (χ1v) is 9.40. The minimum absolute atomic E-state index is 0.556. The molecule has 3 aromatic rings. The standard InChI is InChI=1S/C23H24N2O/c1-3-18-13-16(2)7-8-19(18)11-12-22-24-25-23(26-22)15-17-5-4-6-21(14-17)20-9-10-20/h4-8,11-14,20H,3,9-10,15H2,1-2H3/b12-11+. The molecule has 0 unspecified atom stereocenters. The first-order chi connectivity index (χ1) is 12.7. The summed E-state index contributed by atoms with van der Waals surface area (Å²) in [6.45, 7) is 4.29. The number of aromatic nitrogens is 2. The second-order valence-corrected chi connectivity index (χ2v) is 7.12. The predicted molar refractivity (Wildman–Crippen MR) is 105 cm³/mol. The molecule has 0 aliphatic heterocycles. The van der Waals surface area contributed by atoms with Gasteiger partial charge in [-0.05, 0) is 60.4 Å². The third-order valence-corrected chi connectivity index (χ3v) is 4.92. The minimum Gasteiger partial charge on any atom is -0.421 e. The maximum absolute atomic E-state index is 5.81. The fraction of sp³-hybridized carbons (Fsp3) is 0.304. The fourth-order valence-electron chi connectivity index (χ4n) is 3.32. The summed E-state index contributed by atoms with van der Waals surface area (Å²) in [6.07, 6.45) is 8.29. The highest BCUT2D eigenvalue weighted by molar-refractivity contribution is 5.68. The van der Waals surface area contributed by atoms with Crippen molar-refractivity contribution in [2.24, 2.45) is 0 Å². The van der Waals surface area contributed by atoms with E-state index in [1.807, 2.05) is 6.08 Å². The molecule has 132 valence electrons. The summed E-state index contributed by atoms with van der Waals surface area (Å²) >= 11 is 0. The SMILES string of the molecule is CCc1cc(C)ccc1/C=C/c1nnc(Cc2cccc(C3CC3)c2)o1. The van der Waals surface area contributed by atoms with E-state index in [9.17, 15) is 0 Å². The number of aryl methyl sites for hydroxylation is 2. The second kappa shape index (κ2) is 7.28. The van der Waals surface area contributed by atoms with Crippen molar-refractivity contribution in [3.05, 3.63) is 82.1 Å². The summed E-state index contributed by atoms with van der Waals surface area (Å²) in [5.74, 6) is 1.98. The Kier molecular flexibility index (Phi) is 4.70. The van der Waals surface area contributed by atoms with E-state index >= 15 is 0 Å². The first kappa shape index (κ1) is 16.8. The molecule has 26 heavy (non-hydrogen) atoms. The van der Waals surface area contributed by atoms with E-state index < -0.39 is 0 Å². The highest BCUT2D eigenvalue weighted by atomic mass is 16.4. The van der Waals surface area contributed by atoms with Gasteiger partial charge in [0.05, 0.1) is 6.42 Å². The summed E-state index contributed by atoms with van der Waals surface area (Å²) in [5.41, 5.74) is 6.49. The van der Waals surface area contributed by atoms with E-state index in [0.717, 1.165) is 12.3 Å². The molecule has 1 saturated carbocycles. The zero-order valence-electron chi connectivity index (χ0n) is 15.4. The van der Waals surface area contributed by atoms with E-state index in [1.165, 1.54) is 40.7 Å². The Bertz CT molecular complexity index is 935. The molecule has 3 nitrogen and oxygen atoms in total. The lowest BCUT2D eigenvalue weighted by molar-refractivity contribution is 0.496. The maximum atomic E-state index is 5.81. The molecule has 1 fully saturated rings. The minimum atomic E-state index is 0.556. The van der Waals surface area contributed by atoms with Crippen molar-refractivity contribution in [1.82, 2.24) is 10.2 Å². The van der Waals surface area contributed by atoms with Gasteiger partial charge in [-0.15, -0.1) is 10.2 Å². The van der Waals surface area contributed by atoms with Crippen LogP contribution in [0.3, 0.4) is 0 Å². The zero-order valence-corrected chi connectivity index (χ0v) is 15.4. The molecule has 0 bridgehead atoms. The highest BCUT2D eigenvalue weighted by Crippen LogP contribution is 2.40. The van der Waals surface area contributed by atoms with Gasteiger partial charge in [-0.1, -0.05) is 55.0 Å². The van der Waals surface area contributed by atoms with E-state index in [2.05, 4.69) is 72.6 Å².